The lowest BCUT2D eigenvalue weighted by molar-refractivity contribution is 1.45. The van der Waals surface area contributed by atoms with Crippen molar-refractivity contribution in [3.8, 4) is 0 Å². The van der Waals surface area contributed by atoms with Gasteiger partial charge >= 0.3 is 0 Å². The smallest absolute Gasteiger partial charge is 0.0386 e. The van der Waals surface area contributed by atoms with E-state index in [9.17, 15) is 0 Å². The second-order valence-corrected chi connectivity index (χ2v) is 3.69. The molecule has 0 spiro atoms. The first kappa shape index (κ1) is 9.78. The molecule has 0 unspecified atom stereocenters. The number of hydrogen-bond donors (Lipinski definition) is 1. The third-order valence-electron chi connectivity index (χ3n) is 2.27. The monoisotopic (exact) mass is 196 g/mol. The van der Waals surface area contributed by atoms with E-state index in [0.717, 1.165) is 16.9 Å². The number of anilines is 2. The van der Waals surface area contributed by atoms with Crippen LogP contribution >= 0.6 is 0 Å². The minimum atomic E-state index is 1.02. The van der Waals surface area contributed by atoms with E-state index >= 15 is 0 Å². The van der Waals surface area contributed by atoms with E-state index < -0.39 is 0 Å². The molecule has 1 nitrogen and oxygen atoms in total. The van der Waals surface area contributed by atoms with Crippen LogP contribution in [0, 0.1) is 13.8 Å². The van der Waals surface area contributed by atoms with E-state index in [1.165, 1.54) is 5.56 Å². The van der Waals surface area contributed by atoms with Crippen molar-refractivity contribution in [1.29, 1.82) is 0 Å². The van der Waals surface area contributed by atoms with E-state index in [1.807, 2.05) is 24.3 Å². The zero-order valence-corrected chi connectivity index (χ0v) is 8.83. The summed E-state index contributed by atoms with van der Waals surface area (Å²) < 4.78 is 0. The van der Waals surface area contributed by atoms with Gasteiger partial charge in [0, 0.05) is 11.4 Å². The van der Waals surface area contributed by atoms with Crippen LogP contribution < -0.4 is 5.32 Å². The summed E-state index contributed by atoms with van der Waals surface area (Å²) >= 11 is 0. The Kier molecular flexibility index (Phi) is 2.72. The van der Waals surface area contributed by atoms with Crippen molar-refractivity contribution in [3.63, 3.8) is 0 Å². The molecule has 0 atom stereocenters. The molecule has 0 saturated carbocycles. The van der Waals surface area contributed by atoms with Gasteiger partial charge in [-0.15, -0.1) is 0 Å². The molecule has 2 aromatic rings. The Balaban J connectivity index is 2.18. The van der Waals surface area contributed by atoms with Gasteiger partial charge in [-0.3, -0.25) is 0 Å². The van der Waals surface area contributed by atoms with E-state index in [4.69, 9.17) is 0 Å². The Morgan fingerprint density at radius 1 is 0.933 bits per heavy atom. The first-order valence-electron chi connectivity index (χ1n) is 5.00. The van der Waals surface area contributed by atoms with Crippen molar-refractivity contribution in [3.05, 3.63) is 66.6 Å². The van der Waals surface area contributed by atoms with Crippen molar-refractivity contribution < 1.29 is 0 Å². The molecule has 0 aliphatic heterocycles. The average Bonchev–Trinajstić information content (AvgIpc) is 2.22. The highest BCUT2D eigenvalue weighted by molar-refractivity contribution is 5.60. The fourth-order valence-corrected chi connectivity index (χ4v) is 1.45. The summed E-state index contributed by atoms with van der Waals surface area (Å²) in [5, 5.41) is 3.33. The number of rotatable bonds is 2. The molecule has 1 radical (unpaired) electrons. The van der Waals surface area contributed by atoms with Gasteiger partial charge in [0.25, 0.3) is 0 Å². The molecule has 0 amide bonds. The highest BCUT2D eigenvalue weighted by Gasteiger charge is 1.94. The van der Waals surface area contributed by atoms with Gasteiger partial charge in [0.1, 0.15) is 0 Å². The fraction of sp³-hybridized carbons (Fsp3) is 0.0714. The lowest BCUT2D eigenvalue weighted by Crippen LogP contribution is -1.90. The summed E-state index contributed by atoms with van der Waals surface area (Å²) in [5.74, 6) is 0. The summed E-state index contributed by atoms with van der Waals surface area (Å²) in [7, 11) is 0. The summed E-state index contributed by atoms with van der Waals surface area (Å²) in [6.45, 7) is 5.98. The maximum Gasteiger partial charge on any atom is 0.0386 e. The van der Waals surface area contributed by atoms with Gasteiger partial charge in [-0.25, -0.2) is 0 Å². The normalized spacial score (nSPS) is 10.0. The molecule has 0 bridgehead atoms. The van der Waals surface area contributed by atoms with Crippen LogP contribution in [0.15, 0.2) is 48.5 Å². The molecule has 75 valence electrons. The molecule has 15 heavy (non-hydrogen) atoms. The van der Waals surface area contributed by atoms with E-state index in [-0.39, 0.29) is 0 Å². The molecule has 0 fully saturated rings. The van der Waals surface area contributed by atoms with E-state index in [1.54, 1.807) is 0 Å². The number of nitrogens with one attached hydrogen (secondary N) is 1. The van der Waals surface area contributed by atoms with Crippen LogP contribution in [0.3, 0.4) is 0 Å². The zero-order valence-electron chi connectivity index (χ0n) is 8.83. The van der Waals surface area contributed by atoms with Gasteiger partial charge in [0.15, 0.2) is 0 Å². The number of benzene rings is 2. The molecule has 1 heteroatoms. The molecule has 1 N–H and O–H groups in total. The van der Waals surface area contributed by atoms with Crippen molar-refractivity contribution in [2.24, 2.45) is 0 Å². The molecule has 0 saturated heterocycles. The molecule has 0 heterocycles. The Morgan fingerprint density at radius 3 is 2.33 bits per heavy atom. The van der Waals surface area contributed by atoms with Crippen molar-refractivity contribution >= 4 is 11.4 Å². The first-order valence-corrected chi connectivity index (χ1v) is 5.00. The summed E-state index contributed by atoms with van der Waals surface area (Å²) in [5.41, 5.74) is 4.47. The highest BCUT2D eigenvalue weighted by Crippen LogP contribution is 2.17. The van der Waals surface area contributed by atoms with Crippen molar-refractivity contribution in [2.75, 3.05) is 5.32 Å². The van der Waals surface area contributed by atoms with E-state index in [2.05, 4.69) is 43.4 Å². The maximum atomic E-state index is 3.90. The molecule has 2 rings (SSSR count). The van der Waals surface area contributed by atoms with Crippen LogP contribution in [0.25, 0.3) is 0 Å². The van der Waals surface area contributed by atoms with Gasteiger partial charge < -0.3 is 5.32 Å². The quantitative estimate of drug-likeness (QED) is 0.767. The van der Waals surface area contributed by atoms with Crippen LogP contribution in [-0.2, 0) is 0 Å². The lowest BCUT2D eigenvalue weighted by atomic mass is 10.2. The summed E-state index contributed by atoms with van der Waals surface area (Å²) in [6.07, 6.45) is 0. The standard InChI is InChI=1S/C14H14N/c1-11-6-8-13(9-7-11)15-14-5-3-4-12(2)10-14/h3-10,15H,2H2,1H3. The second-order valence-electron chi connectivity index (χ2n) is 3.69. The molecule has 0 aromatic heterocycles. The lowest BCUT2D eigenvalue weighted by Gasteiger charge is -2.07. The third kappa shape index (κ3) is 2.59. The van der Waals surface area contributed by atoms with Gasteiger partial charge in [0.05, 0.1) is 0 Å². The highest BCUT2D eigenvalue weighted by atomic mass is 14.9. The average molecular weight is 196 g/mol. The van der Waals surface area contributed by atoms with Crippen LogP contribution in [0.4, 0.5) is 11.4 Å². The topological polar surface area (TPSA) is 12.0 Å². The SMILES string of the molecule is [CH2]c1cccc(Nc2ccc(C)cc2)c1. The van der Waals surface area contributed by atoms with Gasteiger partial charge in [-0.2, -0.15) is 0 Å². The van der Waals surface area contributed by atoms with Gasteiger partial charge in [-0.1, -0.05) is 29.8 Å². The number of aryl methyl sites for hydroxylation is 1. The minimum absolute atomic E-state index is 1.02. The molecule has 2 aromatic carbocycles. The Labute approximate surface area is 90.8 Å². The number of hydrogen-bond acceptors (Lipinski definition) is 1. The predicted molar refractivity (Wildman–Crippen MR) is 65.4 cm³/mol. The Hall–Kier alpha value is -1.76. The van der Waals surface area contributed by atoms with Crippen LogP contribution in [-0.4, -0.2) is 0 Å². The van der Waals surface area contributed by atoms with Gasteiger partial charge in [0.2, 0.25) is 0 Å². The predicted octanol–water partition coefficient (Wildman–Crippen LogP) is 3.92. The molecule has 0 aliphatic carbocycles. The van der Waals surface area contributed by atoms with Crippen LogP contribution in [0.1, 0.15) is 11.1 Å². The van der Waals surface area contributed by atoms with Crippen molar-refractivity contribution in [1.82, 2.24) is 0 Å². The van der Waals surface area contributed by atoms with Crippen LogP contribution in [0.5, 0.6) is 0 Å². The maximum absolute atomic E-state index is 3.90. The molecule has 0 aliphatic rings. The Bertz CT molecular complexity index is 443. The van der Waals surface area contributed by atoms with Gasteiger partial charge in [-0.05, 0) is 43.7 Å². The van der Waals surface area contributed by atoms with Crippen molar-refractivity contribution in [2.45, 2.75) is 6.92 Å². The van der Waals surface area contributed by atoms with Crippen LogP contribution in [0.2, 0.25) is 0 Å². The molecular weight excluding hydrogens is 182 g/mol. The minimum Gasteiger partial charge on any atom is -0.356 e. The zero-order chi connectivity index (χ0) is 10.7. The Morgan fingerprint density at radius 2 is 1.67 bits per heavy atom. The second kappa shape index (κ2) is 4.18. The first-order chi connectivity index (χ1) is 7.24. The molecular formula is C14H14N. The summed E-state index contributed by atoms with van der Waals surface area (Å²) in [6, 6.07) is 16.4. The van der Waals surface area contributed by atoms with E-state index in [0.29, 0.717) is 0 Å². The largest absolute Gasteiger partial charge is 0.356 e. The third-order valence-corrected chi connectivity index (χ3v) is 2.27. The summed E-state index contributed by atoms with van der Waals surface area (Å²) in [4.78, 5) is 0. The fourth-order valence-electron chi connectivity index (χ4n) is 1.45.